The van der Waals surface area contributed by atoms with Crippen LogP contribution in [0.4, 0.5) is 0 Å². The second-order valence-electron chi connectivity index (χ2n) is 19.3. The summed E-state index contributed by atoms with van der Waals surface area (Å²) in [6, 6.07) is -0.430. The van der Waals surface area contributed by atoms with E-state index >= 15 is 0 Å². The van der Waals surface area contributed by atoms with Crippen LogP contribution in [0.5, 0.6) is 0 Å². The normalized spacial score (nSPS) is 42.6. The van der Waals surface area contributed by atoms with Crippen molar-refractivity contribution in [2.45, 2.75) is 140 Å². The second kappa shape index (κ2) is 10.8. The molecular formula is C34H58N2O6Si4. The zero-order valence-electron chi connectivity index (χ0n) is 29.9. The van der Waals surface area contributed by atoms with E-state index < -0.39 is 33.3 Å². The summed E-state index contributed by atoms with van der Waals surface area (Å²) in [6.45, 7) is 22.8. The molecule has 0 spiro atoms. The van der Waals surface area contributed by atoms with Crippen molar-refractivity contribution in [3.8, 4) is 0 Å². The lowest BCUT2D eigenvalue weighted by molar-refractivity contribution is -0.146. The number of hydrogen-bond donors (Lipinski definition) is 0. The van der Waals surface area contributed by atoms with E-state index in [0.717, 1.165) is 44.9 Å². The standard InChI is InChI=1S/C34H58N2O6Si4/c1-43(2,3)41-45(7,8)25-16-19-14-23(25)29-27(19)31(37)35(33(29)39)21-12-11-13-22(18-21)36-32(38)28-20-15-24(30(28)34(36)40)26(17-20)46(9,10)42-44(4,5)6/h19-30H,11-18H2,1-10H3. The van der Waals surface area contributed by atoms with Gasteiger partial charge < -0.3 is 8.23 Å². The lowest BCUT2D eigenvalue weighted by Crippen LogP contribution is -2.51. The van der Waals surface area contributed by atoms with Crippen molar-refractivity contribution >= 4 is 56.9 Å². The minimum atomic E-state index is -2.03. The van der Waals surface area contributed by atoms with Crippen molar-refractivity contribution in [1.82, 2.24) is 9.80 Å². The van der Waals surface area contributed by atoms with Gasteiger partial charge in [-0.15, -0.1) is 0 Å². The van der Waals surface area contributed by atoms with Gasteiger partial charge in [0.15, 0.2) is 33.3 Å². The number of hydrogen-bond acceptors (Lipinski definition) is 6. The molecule has 4 bridgehead atoms. The second-order valence-corrected chi connectivity index (χ2v) is 37.3. The summed E-state index contributed by atoms with van der Waals surface area (Å²) in [6.07, 6.45) is 6.91. The van der Waals surface area contributed by atoms with Crippen molar-refractivity contribution in [3.05, 3.63) is 0 Å². The molecule has 0 radical (unpaired) electrons. The Morgan fingerprint density at radius 3 is 1.20 bits per heavy atom. The summed E-state index contributed by atoms with van der Waals surface area (Å²) in [5.74, 6) is 0.393. The lowest BCUT2D eigenvalue weighted by Gasteiger charge is -2.42. The van der Waals surface area contributed by atoms with Gasteiger partial charge in [-0.1, -0.05) is 0 Å². The third-order valence-electron chi connectivity index (χ3n) is 13.4. The van der Waals surface area contributed by atoms with Crippen molar-refractivity contribution in [3.63, 3.8) is 0 Å². The summed E-state index contributed by atoms with van der Waals surface area (Å²) in [4.78, 5) is 59.8. The third kappa shape index (κ3) is 5.20. The van der Waals surface area contributed by atoms with E-state index in [1.165, 1.54) is 0 Å². The van der Waals surface area contributed by atoms with Crippen LogP contribution in [0.15, 0.2) is 0 Å². The van der Waals surface area contributed by atoms with Crippen molar-refractivity contribution in [2.24, 2.45) is 47.3 Å². The molecule has 7 rings (SSSR count). The highest BCUT2D eigenvalue weighted by Gasteiger charge is 2.69. The SMILES string of the molecule is C[Si](C)(C)O[Si](C)(C)C1CC2CC1C1C(=O)N(C3CCCC(N4C(=O)C5C6CC(C5C4=O)C([Si](C)(C)O[Si](C)(C)C)C6)C3)C(=O)C21. The fourth-order valence-electron chi connectivity index (χ4n) is 12.6. The smallest absolute Gasteiger partial charge is 0.233 e. The highest BCUT2D eigenvalue weighted by atomic mass is 28.4. The summed E-state index contributed by atoms with van der Waals surface area (Å²) in [5, 5.41) is 0. The fourth-order valence-corrected chi connectivity index (χ4v) is 30.9. The Kier molecular flexibility index (Phi) is 7.87. The predicted molar refractivity (Wildman–Crippen MR) is 187 cm³/mol. The van der Waals surface area contributed by atoms with Crippen LogP contribution in [0, 0.1) is 47.3 Å². The van der Waals surface area contributed by atoms with Crippen LogP contribution in [-0.4, -0.2) is 78.8 Å². The Bertz CT molecular complexity index is 1240. The van der Waals surface area contributed by atoms with Crippen LogP contribution in [0.2, 0.25) is 76.6 Å². The molecule has 5 saturated carbocycles. The maximum absolute atomic E-state index is 14.2. The molecule has 7 aliphatic rings. The quantitative estimate of drug-likeness (QED) is 0.214. The lowest BCUT2D eigenvalue weighted by atomic mass is 9.81. The zero-order valence-corrected chi connectivity index (χ0v) is 33.9. The van der Waals surface area contributed by atoms with Gasteiger partial charge >= 0.3 is 0 Å². The van der Waals surface area contributed by atoms with Gasteiger partial charge in [-0.3, -0.25) is 29.0 Å². The first-order valence-corrected chi connectivity index (χ1v) is 31.1. The number of fused-ring (bicyclic) bond motifs is 10. The molecule has 0 aromatic rings. The molecule has 2 heterocycles. The molecule has 0 aromatic carbocycles. The third-order valence-corrected chi connectivity index (χ3v) is 27.4. The molecule has 2 aliphatic heterocycles. The Morgan fingerprint density at radius 1 is 0.500 bits per heavy atom. The van der Waals surface area contributed by atoms with Crippen LogP contribution in [0.3, 0.4) is 0 Å². The maximum Gasteiger partial charge on any atom is 0.233 e. The first-order valence-electron chi connectivity index (χ1n) is 18.3. The molecule has 12 unspecified atom stereocenters. The number of carbonyl (C=O) groups excluding carboxylic acids is 4. The van der Waals surface area contributed by atoms with Gasteiger partial charge in [-0.25, -0.2) is 0 Å². The summed E-state index contributed by atoms with van der Waals surface area (Å²) >= 11 is 0. The van der Waals surface area contributed by atoms with Gasteiger partial charge in [-0.05, 0) is 152 Å². The monoisotopic (exact) mass is 702 g/mol. The van der Waals surface area contributed by atoms with Crippen molar-refractivity contribution in [2.75, 3.05) is 0 Å². The molecule has 0 N–H and O–H groups in total. The zero-order chi connectivity index (χ0) is 33.5. The summed E-state index contributed by atoms with van der Waals surface area (Å²) in [5.41, 5.74) is 0.841. The van der Waals surface area contributed by atoms with Crippen molar-refractivity contribution < 1.29 is 27.4 Å². The molecule has 256 valence electrons. The van der Waals surface area contributed by atoms with Gasteiger partial charge in [0, 0.05) is 12.1 Å². The average Bonchev–Trinajstić information content (AvgIpc) is 3.73. The number of carbonyl (C=O) groups is 4. The van der Waals surface area contributed by atoms with E-state index in [2.05, 4.69) is 65.5 Å². The first-order chi connectivity index (χ1) is 21.2. The molecule has 46 heavy (non-hydrogen) atoms. The number of likely N-dealkylation sites (tertiary alicyclic amines) is 2. The molecule has 5 aliphatic carbocycles. The molecule has 0 aromatic heterocycles. The van der Waals surface area contributed by atoms with Gasteiger partial charge in [-0.2, -0.15) is 0 Å². The molecule has 12 atom stereocenters. The van der Waals surface area contributed by atoms with E-state index in [1.807, 2.05) is 0 Å². The highest BCUT2D eigenvalue weighted by molar-refractivity contribution is 6.85. The van der Waals surface area contributed by atoms with E-state index in [1.54, 1.807) is 9.80 Å². The summed E-state index contributed by atoms with van der Waals surface area (Å²) < 4.78 is 13.6. The molecule has 8 nitrogen and oxygen atoms in total. The molecule has 4 amide bonds. The van der Waals surface area contributed by atoms with Gasteiger partial charge in [0.25, 0.3) is 0 Å². The van der Waals surface area contributed by atoms with Gasteiger partial charge in [0.05, 0.1) is 23.7 Å². The Morgan fingerprint density at radius 2 is 0.848 bits per heavy atom. The van der Waals surface area contributed by atoms with Crippen LogP contribution in [0.25, 0.3) is 0 Å². The van der Waals surface area contributed by atoms with E-state index in [-0.39, 0.29) is 83.1 Å². The van der Waals surface area contributed by atoms with E-state index in [0.29, 0.717) is 17.5 Å². The van der Waals surface area contributed by atoms with Crippen LogP contribution in [0.1, 0.15) is 51.4 Å². The van der Waals surface area contributed by atoms with Gasteiger partial charge in [0.1, 0.15) is 0 Å². The number of imide groups is 2. The fraction of sp³-hybridized carbons (Fsp3) is 0.882. The number of nitrogens with zero attached hydrogens (tertiary/aromatic N) is 2. The molecule has 12 heteroatoms. The molecular weight excluding hydrogens is 645 g/mol. The molecule has 2 saturated heterocycles. The van der Waals surface area contributed by atoms with Crippen LogP contribution >= 0.6 is 0 Å². The summed E-state index contributed by atoms with van der Waals surface area (Å²) in [7, 11) is -7.50. The minimum Gasteiger partial charge on any atom is -0.455 e. The maximum atomic E-state index is 14.2. The van der Waals surface area contributed by atoms with Crippen molar-refractivity contribution in [1.29, 1.82) is 0 Å². The Hall–Kier alpha value is -0.932. The largest absolute Gasteiger partial charge is 0.455 e. The molecule has 7 fully saturated rings. The van der Waals surface area contributed by atoms with Gasteiger partial charge in [0.2, 0.25) is 23.6 Å². The van der Waals surface area contributed by atoms with E-state index in [4.69, 9.17) is 8.23 Å². The Labute approximate surface area is 280 Å². The van der Waals surface area contributed by atoms with Crippen LogP contribution in [-0.2, 0) is 27.4 Å². The topological polar surface area (TPSA) is 93.2 Å². The predicted octanol–water partition coefficient (Wildman–Crippen LogP) is 6.43. The van der Waals surface area contributed by atoms with Crippen LogP contribution < -0.4 is 0 Å². The highest BCUT2D eigenvalue weighted by Crippen LogP contribution is 2.65. The first kappa shape index (κ1) is 33.6. The van der Waals surface area contributed by atoms with E-state index in [9.17, 15) is 19.2 Å². The minimum absolute atomic E-state index is 0.0297. The number of amides is 4. The Balaban J connectivity index is 1.06. The number of rotatable bonds is 8. The average molecular weight is 703 g/mol.